The second kappa shape index (κ2) is 10.3. The summed E-state index contributed by atoms with van der Waals surface area (Å²) < 4.78 is 75.1. The van der Waals surface area contributed by atoms with Gasteiger partial charge in [0, 0.05) is 33.7 Å². The zero-order valence-electron chi connectivity index (χ0n) is 22.8. The van der Waals surface area contributed by atoms with E-state index in [0.29, 0.717) is 32.5 Å². The molecule has 1 N–H and O–H groups in total. The van der Waals surface area contributed by atoms with E-state index in [9.17, 15) is 21.6 Å². The third-order valence-electron chi connectivity index (χ3n) is 7.14. The largest absolute Gasteiger partial charge is 0.444 e. The van der Waals surface area contributed by atoms with Crippen molar-refractivity contribution in [3.05, 3.63) is 48.3 Å². The molecule has 0 saturated carbocycles. The number of benzene rings is 2. The van der Waals surface area contributed by atoms with Crippen LogP contribution < -0.4 is 9.62 Å². The number of sulfonamides is 2. The van der Waals surface area contributed by atoms with E-state index in [1.54, 1.807) is 9.80 Å². The number of hydrogen-bond donors (Lipinski definition) is 1. The third-order valence-corrected chi connectivity index (χ3v) is 10.4. The van der Waals surface area contributed by atoms with Crippen LogP contribution in [0.1, 0.15) is 40.0 Å². The van der Waals surface area contributed by atoms with E-state index in [2.05, 4.69) is 4.72 Å². The molecule has 0 aliphatic carbocycles. The van der Waals surface area contributed by atoms with Crippen LogP contribution in [0.4, 0.5) is 20.6 Å². The topological polar surface area (TPSA) is 116 Å². The molecule has 214 valence electrons. The molecule has 2 aliphatic heterocycles. The highest BCUT2D eigenvalue weighted by Crippen LogP contribution is 2.43. The van der Waals surface area contributed by atoms with Crippen molar-refractivity contribution < 1.29 is 30.8 Å². The van der Waals surface area contributed by atoms with Crippen LogP contribution in [0.3, 0.4) is 0 Å². The van der Waals surface area contributed by atoms with E-state index in [0.717, 1.165) is 10.7 Å². The minimum absolute atomic E-state index is 0.0449. The minimum Gasteiger partial charge on any atom is -0.444 e. The number of carbonyl (C=O) groups is 1. The predicted octanol–water partition coefficient (Wildman–Crippen LogP) is 3.86. The Morgan fingerprint density at radius 3 is 2.03 bits per heavy atom. The van der Waals surface area contributed by atoms with Gasteiger partial charge >= 0.3 is 6.09 Å². The molecule has 2 aromatic rings. The monoisotopic (exact) mass is 582 g/mol. The van der Waals surface area contributed by atoms with Crippen LogP contribution in [-0.2, 0) is 24.8 Å². The maximum Gasteiger partial charge on any atom is 0.410 e. The molecule has 1 spiro atoms. The number of para-hydroxylation sites is 1. The summed E-state index contributed by atoms with van der Waals surface area (Å²) in [4.78, 5) is 16.0. The van der Waals surface area contributed by atoms with E-state index in [4.69, 9.17) is 4.74 Å². The highest BCUT2D eigenvalue weighted by molar-refractivity contribution is 7.92. The standard InChI is InChI=1S/C26H35FN4O6S2/c1-25(2,3)37-24(32)31-18-15-26(31)13-16-30(17-14-26)23-21(27)7-6-8-22(23)28-38(33,34)19-9-11-20(12-10-19)39(35,36)29(4)5/h6-12,28H,13-18H2,1-5H3. The van der Waals surface area contributed by atoms with Crippen molar-refractivity contribution in [2.75, 3.05) is 43.4 Å². The summed E-state index contributed by atoms with van der Waals surface area (Å²) in [5, 5.41) is 0. The predicted molar refractivity (Wildman–Crippen MR) is 146 cm³/mol. The van der Waals surface area contributed by atoms with Gasteiger partial charge in [-0.2, -0.15) is 0 Å². The summed E-state index contributed by atoms with van der Waals surface area (Å²) in [5.74, 6) is -0.573. The van der Waals surface area contributed by atoms with Crippen LogP contribution in [0, 0.1) is 5.82 Å². The fourth-order valence-electron chi connectivity index (χ4n) is 4.93. The van der Waals surface area contributed by atoms with Crippen molar-refractivity contribution in [2.45, 2.75) is 61.0 Å². The van der Waals surface area contributed by atoms with Gasteiger partial charge in [-0.25, -0.2) is 30.3 Å². The number of halogens is 1. The molecule has 2 saturated heterocycles. The molecule has 2 aromatic carbocycles. The van der Waals surface area contributed by atoms with Gasteiger partial charge < -0.3 is 14.5 Å². The molecule has 2 fully saturated rings. The van der Waals surface area contributed by atoms with Crippen LogP contribution in [0.15, 0.2) is 52.3 Å². The Balaban J connectivity index is 1.52. The summed E-state index contributed by atoms with van der Waals surface area (Å²) in [6.45, 7) is 6.91. The molecule has 2 aliphatic rings. The lowest BCUT2D eigenvalue weighted by Gasteiger charge is -2.56. The van der Waals surface area contributed by atoms with Gasteiger partial charge in [-0.05, 0) is 76.4 Å². The van der Waals surface area contributed by atoms with E-state index in [-0.39, 0.29) is 32.8 Å². The number of likely N-dealkylation sites (tertiary alicyclic amines) is 1. The lowest BCUT2D eigenvalue weighted by atomic mass is 9.76. The first-order valence-corrected chi connectivity index (χ1v) is 15.6. The fraction of sp³-hybridized carbons (Fsp3) is 0.500. The van der Waals surface area contributed by atoms with Gasteiger partial charge in [0.1, 0.15) is 11.4 Å². The number of nitrogens with zero attached hydrogens (tertiary/aromatic N) is 3. The van der Waals surface area contributed by atoms with Crippen LogP contribution >= 0.6 is 0 Å². The minimum atomic E-state index is -4.15. The molecular weight excluding hydrogens is 547 g/mol. The molecule has 10 nitrogen and oxygen atoms in total. The van der Waals surface area contributed by atoms with E-state index < -0.39 is 31.5 Å². The number of carbonyl (C=O) groups excluding carboxylic acids is 1. The Kier molecular flexibility index (Phi) is 7.65. The lowest BCUT2D eigenvalue weighted by Crippen LogP contribution is -2.66. The third kappa shape index (κ3) is 5.85. The molecule has 4 rings (SSSR count). The van der Waals surface area contributed by atoms with Crippen molar-refractivity contribution in [2.24, 2.45) is 0 Å². The molecule has 0 aromatic heterocycles. The average Bonchev–Trinajstić information content (AvgIpc) is 2.82. The Hall–Kier alpha value is -2.90. The molecule has 2 heterocycles. The molecule has 0 radical (unpaired) electrons. The summed E-state index contributed by atoms with van der Waals surface area (Å²) in [7, 11) is -5.10. The van der Waals surface area contributed by atoms with Gasteiger partial charge in [0.25, 0.3) is 10.0 Å². The van der Waals surface area contributed by atoms with Crippen LogP contribution in [0.5, 0.6) is 0 Å². The summed E-state index contributed by atoms with van der Waals surface area (Å²) in [6.07, 6.45) is 1.66. The molecule has 0 unspecified atom stereocenters. The van der Waals surface area contributed by atoms with E-state index >= 15 is 4.39 Å². The number of amides is 1. The summed E-state index contributed by atoms with van der Waals surface area (Å²) >= 11 is 0. The Morgan fingerprint density at radius 1 is 0.949 bits per heavy atom. The zero-order chi connectivity index (χ0) is 28.8. The van der Waals surface area contributed by atoms with Crippen LogP contribution in [0.25, 0.3) is 0 Å². The molecule has 13 heteroatoms. The van der Waals surface area contributed by atoms with Crippen molar-refractivity contribution in [3.63, 3.8) is 0 Å². The van der Waals surface area contributed by atoms with Gasteiger partial charge in [-0.15, -0.1) is 0 Å². The number of hydrogen-bond acceptors (Lipinski definition) is 7. The van der Waals surface area contributed by atoms with Crippen molar-refractivity contribution in [1.82, 2.24) is 9.21 Å². The van der Waals surface area contributed by atoms with Crippen molar-refractivity contribution in [3.8, 4) is 0 Å². The summed E-state index contributed by atoms with van der Waals surface area (Å²) in [6, 6.07) is 9.01. The Labute approximate surface area is 229 Å². The number of nitrogens with one attached hydrogen (secondary N) is 1. The number of piperidine rings is 1. The van der Waals surface area contributed by atoms with Crippen molar-refractivity contribution in [1.29, 1.82) is 0 Å². The number of ether oxygens (including phenoxy) is 1. The first-order chi connectivity index (χ1) is 18.1. The highest BCUT2D eigenvalue weighted by Gasteiger charge is 2.50. The van der Waals surface area contributed by atoms with Gasteiger partial charge in [0.15, 0.2) is 0 Å². The van der Waals surface area contributed by atoms with Gasteiger partial charge in [-0.3, -0.25) is 4.72 Å². The summed E-state index contributed by atoms with van der Waals surface area (Å²) in [5.41, 5.74) is -0.743. The zero-order valence-corrected chi connectivity index (χ0v) is 24.4. The first-order valence-electron chi connectivity index (χ1n) is 12.7. The van der Waals surface area contributed by atoms with Gasteiger partial charge in [0.05, 0.1) is 26.7 Å². The molecule has 0 atom stereocenters. The van der Waals surface area contributed by atoms with Crippen LogP contribution in [-0.4, -0.2) is 77.0 Å². The maximum absolute atomic E-state index is 15.1. The quantitative estimate of drug-likeness (QED) is 0.550. The first kappa shape index (κ1) is 29.1. The van der Waals surface area contributed by atoms with Crippen molar-refractivity contribution >= 4 is 37.5 Å². The van der Waals surface area contributed by atoms with Crippen LogP contribution in [0.2, 0.25) is 0 Å². The number of rotatable bonds is 6. The van der Waals surface area contributed by atoms with Gasteiger partial charge in [0.2, 0.25) is 10.0 Å². The molecule has 39 heavy (non-hydrogen) atoms. The average molecular weight is 583 g/mol. The maximum atomic E-state index is 15.1. The second-order valence-corrected chi connectivity index (χ2v) is 14.9. The number of anilines is 2. The fourth-order valence-corrected chi connectivity index (χ4v) is 6.90. The van der Waals surface area contributed by atoms with Gasteiger partial charge in [-0.1, -0.05) is 6.07 Å². The molecule has 1 amide bonds. The highest BCUT2D eigenvalue weighted by atomic mass is 32.2. The normalized spacial score (nSPS) is 17.7. The Bertz CT molecular complexity index is 1450. The van der Waals surface area contributed by atoms with E-state index in [1.807, 2.05) is 20.8 Å². The molecular formula is C26H35FN4O6S2. The van der Waals surface area contributed by atoms with E-state index in [1.165, 1.54) is 56.6 Å². The second-order valence-electron chi connectivity index (χ2n) is 11.1. The lowest BCUT2D eigenvalue weighted by molar-refractivity contribution is -0.0542. The molecule has 0 bridgehead atoms. The Morgan fingerprint density at radius 2 is 1.51 bits per heavy atom. The SMILES string of the molecule is CN(C)S(=O)(=O)c1ccc(S(=O)(=O)Nc2cccc(F)c2N2CCC3(CC2)CCN3C(=O)OC(C)(C)C)cc1. The smallest absolute Gasteiger partial charge is 0.410 e.